The van der Waals surface area contributed by atoms with E-state index in [1.807, 2.05) is 18.2 Å². The van der Waals surface area contributed by atoms with Crippen LogP contribution in [-0.4, -0.2) is 29.8 Å². The molecule has 2 aromatic carbocycles. The number of hydrogen-bond donors (Lipinski definition) is 1. The average Bonchev–Trinajstić information content (AvgIpc) is 2.64. The molecule has 0 aromatic heterocycles. The summed E-state index contributed by atoms with van der Waals surface area (Å²) in [5.41, 5.74) is 0.0235. The molecule has 0 heterocycles. The summed E-state index contributed by atoms with van der Waals surface area (Å²) < 4.78 is 30.4. The summed E-state index contributed by atoms with van der Waals surface area (Å²) >= 11 is 5.92. The van der Waals surface area contributed by atoms with Gasteiger partial charge in [0.1, 0.15) is 29.3 Å². The van der Waals surface area contributed by atoms with Gasteiger partial charge in [0.2, 0.25) is 0 Å². The zero-order chi connectivity index (χ0) is 23.2. The van der Waals surface area contributed by atoms with Crippen LogP contribution < -0.4 is 10.1 Å². The maximum atomic E-state index is 13.7. The monoisotopic (exact) mass is 451 g/mol. The maximum absolute atomic E-state index is 13.7. The van der Waals surface area contributed by atoms with Gasteiger partial charge < -0.3 is 19.5 Å². The SMILES string of the molecule is C[C@H](NC(=O)OC(C)(C)C)C(=O)O[C@@H](C)[C@H](Oc1cc(F)cc(Cl)c1)c1ccccc1. The van der Waals surface area contributed by atoms with Crippen LogP contribution in [0.3, 0.4) is 0 Å². The Morgan fingerprint density at radius 2 is 1.71 bits per heavy atom. The van der Waals surface area contributed by atoms with Crippen molar-refractivity contribution in [2.45, 2.75) is 58.5 Å². The Kier molecular flexibility index (Phi) is 8.28. The van der Waals surface area contributed by atoms with Crippen LogP contribution in [0.2, 0.25) is 5.02 Å². The molecular formula is C23H27ClFNO5. The molecule has 0 radical (unpaired) electrons. The van der Waals surface area contributed by atoms with Crippen LogP contribution in [0, 0.1) is 5.82 Å². The Bertz CT molecular complexity index is 880. The normalized spacial score (nSPS) is 14.2. The van der Waals surface area contributed by atoms with E-state index >= 15 is 0 Å². The van der Waals surface area contributed by atoms with Gasteiger partial charge in [-0.05, 0) is 52.3 Å². The minimum absolute atomic E-state index is 0.182. The highest BCUT2D eigenvalue weighted by atomic mass is 35.5. The van der Waals surface area contributed by atoms with E-state index in [9.17, 15) is 14.0 Å². The van der Waals surface area contributed by atoms with Crippen LogP contribution in [-0.2, 0) is 14.3 Å². The number of amides is 1. The summed E-state index contributed by atoms with van der Waals surface area (Å²) in [7, 11) is 0. The molecule has 0 aliphatic heterocycles. The van der Waals surface area contributed by atoms with Crippen LogP contribution in [0.25, 0.3) is 0 Å². The minimum Gasteiger partial charge on any atom is -0.482 e. The first-order chi connectivity index (χ1) is 14.4. The zero-order valence-electron chi connectivity index (χ0n) is 18.1. The first-order valence-electron chi connectivity index (χ1n) is 9.82. The summed E-state index contributed by atoms with van der Waals surface area (Å²) in [6.45, 7) is 8.30. The lowest BCUT2D eigenvalue weighted by Crippen LogP contribution is -2.43. The molecule has 3 atom stereocenters. The zero-order valence-corrected chi connectivity index (χ0v) is 18.9. The number of carbonyl (C=O) groups excluding carboxylic acids is 2. The fraction of sp³-hybridized carbons (Fsp3) is 0.391. The molecule has 0 unspecified atom stereocenters. The number of hydrogen-bond acceptors (Lipinski definition) is 5. The fourth-order valence-corrected chi connectivity index (χ4v) is 2.92. The van der Waals surface area contributed by atoms with Crippen molar-refractivity contribution >= 4 is 23.7 Å². The van der Waals surface area contributed by atoms with Crippen molar-refractivity contribution in [3.05, 3.63) is 64.9 Å². The number of nitrogens with one attached hydrogen (secondary N) is 1. The first kappa shape index (κ1) is 24.5. The van der Waals surface area contributed by atoms with Crippen molar-refractivity contribution in [2.24, 2.45) is 0 Å². The van der Waals surface area contributed by atoms with Crippen molar-refractivity contribution in [1.29, 1.82) is 0 Å². The van der Waals surface area contributed by atoms with Gasteiger partial charge >= 0.3 is 12.1 Å². The van der Waals surface area contributed by atoms with E-state index in [0.29, 0.717) is 0 Å². The van der Waals surface area contributed by atoms with Crippen molar-refractivity contribution in [3.63, 3.8) is 0 Å². The molecule has 2 aromatic rings. The lowest BCUT2D eigenvalue weighted by Gasteiger charge is -2.27. The highest BCUT2D eigenvalue weighted by molar-refractivity contribution is 6.30. The third kappa shape index (κ3) is 8.09. The van der Waals surface area contributed by atoms with Gasteiger partial charge in [0.05, 0.1) is 0 Å². The summed E-state index contributed by atoms with van der Waals surface area (Å²) in [5, 5.41) is 2.62. The molecular weight excluding hydrogens is 425 g/mol. The summed E-state index contributed by atoms with van der Waals surface area (Å²) in [4.78, 5) is 24.4. The molecule has 1 N–H and O–H groups in total. The summed E-state index contributed by atoms with van der Waals surface area (Å²) in [6, 6.07) is 12.0. The largest absolute Gasteiger partial charge is 0.482 e. The Hall–Kier alpha value is -2.80. The van der Waals surface area contributed by atoms with Crippen LogP contribution in [0.4, 0.5) is 9.18 Å². The van der Waals surface area contributed by atoms with Gasteiger partial charge in [-0.25, -0.2) is 14.0 Å². The Morgan fingerprint density at radius 3 is 2.29 bits per heavy atom. The van der Waals surface area contributed by atoms with E-state index in [0.717, 1.165) is 5.56 Å². The lowest BCUT2D eigenvalue weighted by molar-refractivity contribution is -0.155. The molecule has 0 saturated heterocycles. The van der Waals surface area contributed by atoms with Gasteiger partial charge in [0.25, 0.3) is 0 Å². The molecule has 2 rings (SSSR count). The minimum atomic E-state index is -0.947. The van der Waals surface area contributed by atoms with Crippen LogP contribution >= 0.6 is 11.6 Å². The first-order valence-corrected chi connectivity index (χ1v) is 10.2. The number of rotatable bonds is 7. The quantitative estimate of drug-likeness (QED) is 0.567. The molecule has 0 spiro atoms. The Morgan fingerprint density at radius 1 is 1.06 bits per heavy atom. The molecule has 0 aliphatic rings. The second-order valence-corrected chi connectivity index (χ2v) is 8.50. The second-order valence-electron chi connectivity index (χ2n) is 8.06. The van der Waals surface area contributed by atoms with E-state index < -0.39 is 41.7 Å². The lowest BCUT2D eigenvalue weighted by atomic mass is 10.0. The van der Waals surface area contributed by atoms with Crippen molar-refractivity contribution in [1.82, 2.24) is 5.32 Å². The van der Waals surface area contributed by atoms with Crippen molar-refractivity contribution in [2.75, 3.05) is 0 Å². The highest BCUT2D eigenvalue weighted by Gasteiger charge is 2.28. The van der Waals surface area contributed by atoms with Crippen LogP contribution in [0.1, 0.15) is 46.3 Å². The standard InChI is InChI=1S/C23H27ClFNO5/c1-14(26-22(28)31-23(3,4)5)21(27)29-15(2)20(16-9-7-6-8-10-16)30-19-12-17(24)11-18(25)13-19/h6-15,20H,1-5H3,(H,26,28)/t14-,15-,20-/m0/s1. The number of halogens is 2. The average molecular weight is 452 g/mol. The van der Waals surface area contributed by atoms with Gasteiger partial charge in [-0.15, -0.1) is 0 Å². The Balaban J connectivity index is 2.13. The van der Waals surface area contributed by atoms with E-state index in [4.69, 9.17) is 25.8 Å². The van der Waals surface area contributed by atoms with Crippen LogP contribution in [0.15, 0.2) is 48.5 Å². The molecule has 0 saturated carbocycles. The molecule has 31 heavy (non-hydrogen) atoms. The number of benzene rings is 2. The maximum Gasteiger partial charge on any atom is 0.408 e. The number of esters is 1. The van der Waals surface area contributed by atoms with Gasteiger partial charge in [-0.2, -0.15) is 0 Å². The van der Waals surface area contributed by atoms with E-state index in [1.165, 1.54) is 25.1 Å². The predicted octanol–water partition coefficient (Wildman–Crippen LogP) is 5.44. The predicted molar refractivity (Wildman–Crippen MR) is 116 cm³/mol. The molecule has 168 valence electrons. The van der Waals surface area contributed by atoms with Gasteiger partial charge in [0, 0.05) is 11.1 Å². The fourth-order valence-electron chi connectivity index (χ4n) is 2.71. The van der Waals surface area contributed by atoms with Crippen LogP contribution in [0.5, 0.6) is 5.75 Å². The number of alkyl carbamates (subject to hydrolysis) is 1. The van der Waals surface area contributed by atoms with Crippen molar-refractivity contribution < 1.29 is 28.2 Å². The smallest absolute Gasteiger partial charge is 0.408 e. The second kappa shape index (κ2) is 10.5. The van der Waals surface area contributed by atoms with Gasteiger partial charge in [-0.3, -0.25) is 0 Å². The highest BCUT2D eigenvalue weighted by Crippen LogP contribution is 2.29. The number of ether oxygens (including phenoxy) is 3. The van der Waals surface area contributed by atoms with E-state index in [1.54, 1.807) is 39.8 Å². The summed E-state index contributed by atoms with van der Waals surface area (Å²) in [5.74, 6) is -1.02. The van der Waals surface area contributed by atoms with Gasteiger partial charge in [0.15, 0.2) is 6.10 Å². The summed E-state index contributed by atoms with van der Waals surface area (Å²) in [6.07, 6.45) is -2.23. The third-order valence-corrected chi connectivity index (χ3v) is 4.26. The molecule has 8 heteroatoms. The van der Waals surface area contributed by atoms with E-state index in [-0.39, 0.29) is 10.8 Å². The Labute approximate surface area is 186 Å². The molecule has 1 amide bonds. The molecule has 6 nitrogen and oxygen atoms in total. The topological polar surface area (TPSA) is 73.9 Å². The number of carbonyl (C=O) groups is 2. The third-order valence-electron chi connectivity index (χ3n) is 4.04. The van der Waals surface area contributed by atoms with Gasteiger partial charge in [-0.1, -0.05) is 41.9 Å². The molecule has 0 aliphatic carbocycles. The van der Waals surface area contributed by atoms with Crippen molar-refractivity contribution in [3.8, 4) is 5.75 Å². The molecule has 0 bridgehead atoms. The molecule has 0 fully saturated rings. The van der Waals surface area contributed by atoms with E-state index in [2.05, 4.69) is 5.32 Å².